The molecule has 0 saturated carbocycles. The molecular formula is C43H43N3O4. The van der Waals surface area contributed by atoms with Gasteiger partial charge in [0.15, 0.2) is 0 Å². The fraction of sp³-hybridized carbons (Fsp3) is 0.372. The van der Waals surface area contributed by atoms with Crippen molar-refractivity contribution in [3.05, 3.63) is 113 Å². The van der Waals surface area contributed by atoms with Crippen molar-refractivity contribution in [1.29, 1.82) is 0 Å². The molecule has 0 amide bonds. The number of hydrogen-bond donors (Lipinski definition) is 0. The summed E-state index contributed by atoms with van der Waals surface area (Å²) in [6, 6.07) is 18.6. The van der Waals surface area contributed by atoms with E-state index in [0.29, 0.717) is 38.4 Å². The van der Waals surface area contributed by atoms with Gasteiger partial charge in [-0.1, -0.05) is 61.6 Å². The van der Waals surface area contributed by atoms with Crippen molar-refractivity contribution in [3.63, 3.8) is 0 Å². The second-order valence-electron chi connectivity index (χ2n) is 14.2. The van der Waals surface area contributed by atoms with Crippen molar-refractivity contribution in [2.75, 3.05) is 13.2 Å². The first-order chi connectivity index (χ1) is 24.4. The predicted molar refractivity (Wildman–Crippen MR) is 196 cm³/mol. The monoisotopic (exact) mass is 665 g/mol. The van der Waals surface area contributed by atoms with Gasteiger partial charge in [-0.05, 0) is 99.3 Å². The molecule has 3 unspecified atom stereocenters. The minimum Gasteiger partial charge on any atom is -0.466 e. The smallest absolute Gasteiger partial charge is 0.305 e. The lowest BCUT2D eigenvalue weighted by Crippen LogP contribution is -2.40. The van der Waals surface area contributed by atoms with Crippen LogP contribution in [-0.2, 0) is 29.9 Å². The van der Waals surface area contributed by atoms with Crippen molar-refractivity contribution < 1.29 is 19.1 Å². The Hall–Kier alpha value is -4.91. The van der Waals surface area contributed by atoms with Gasteiger partial charge in [-0.15, -0.1) is 0 Å². The highest BCUT2D eigenvalue weighted by atomic mass is 16.5. The lowest BCUT2D eigenvalue weighted by molar-refractivity contribution is -0.144. The van der Waals surface area contributed by atoms with Crippen molar-refractivity contribution >= 4 is 45.0 Å². The molecule has 2 aromatic heterocycles. The Labute approximate surface area is 293 Å². The zero-order chi connectivity index (χ0) is 34.5. The highest BCUT2D eigenvalue weighted by Crippen LogP contribution is 2.64. The van der Waals surface area contributed by atoms with Gasteiger partial charge in [0.05, 0.1) is 46.8 Å². The molecule has 0 bridgehead atoms. The van der Waals surface area contributed by atoms with Crippen molar-refractivity contribution in [1.82, 2.24) is 15.0 Å². The van der Waals surface area contributed by atoms with Crippen LogP contribution in [0.1, 0.15) is 94.8 Å². The number of fused-ring (bicyclic) bond motifs is 8. The third kappa shape index (κ3) is 5.21. The molecule has 0 N–H and O–H groups in total. The molecule has 2 heterocycles. The van der Waals surface area contributed by atoms with Gasteiger partial charge in [0.2, 0.25) is 0 Å². The topological polar surface area (TPSA) is 91.3 Å². The molecule has 0 aliphatic heterocycles. The summed E-state index contributed by atoms with van der Waals surface area (Å²) in [4.78, 5) is 42.6. The molecule has 4 aromatic rings. The number of allylic oxidation sites excluding steroid dienone is 8. The van der Waals surface area contributed by atoms with Gasteiger partial charge in [-0.3, -0.25) is 9.59 Å². The molecule has 4 aliphatic rings. The minimum atomic E-state index is -0.690. The number of ether oxygens (including phenoxy) is 2. The third-order valence-electron chi connectivity index (χ3n) is 11.1. The summed E-state index contributed by atoms with van der Waals surface area (Å²) >= 11 is 0. The maximum absolute atomic E-state index is 13.3. The highest BCUT2D eigenvalue weighted by molar-refractivity contribution is 5.95. The van der Waals surface area contributed by atoms with E-state index in [1.165, 1.54) is 11.1 Å². The average Bonchev–Trinajstić information content (AvgIpc) is 3.53. The lowest BCUT2D eigenvalue weighted by atomic mass is 9.59. The number of pyridine rings is 1. The maximum atomic E-state index is 13.3. The van der Waals surface area contributed by atoms with E-state index in [9.17, 15) is 9.59 Å². The number of carbonyl (C=O) groups is 2. The van der Waals surface area contributed by atoms with Crippen LogP contribution in [0.5, 0.6) is 0 Å². The number of aromatic nitrogens is 3. The van der Waals surface area contributed by atoms with E-state index < -0.39 is 10.8 Å². The Bertz CT molecular complexity index is 2180. The first-order valence-corrected chi connectivity index (χ1v) is 18.2. The third-order valence-corrected chi connectivity index (χ3v) is 11.1. The largest absolute Gasteiger partial charge is 0.466 e. The van der Waals surface area contributed by atoms with E-state index in [1.54, 1.807) is 0 Å². The number of carbonyl (C=O) groups excluding carboxylic acids is 2. The number of rotatable bonds is 10. The summed E-state index contributed by atoms with van der Waals surface area (Å²) in [5, 5.41) is 1.07. The molecule has 0 radical (unpaired) electrons. The van der Waals surface area contributed by atoms with Crippen molar-refractivity contribution in [2.24, 2.45) is 5.92 Å². The second-order valence-corrected chi connectivity index (χ2v) is 14.2. The zero-order valence-electron chi connectivity index (χ0n) is 29.1. The maximum Gasteiger partial charge on any atom is 0.305 e. The number of nitrogens with zero attached hydrogens (tertiary/aromatic N) is 3. The van der Waals surface area contributed by atoms with Crippen LogP contribution in [0.2, 0.25) is 0 Å². The number of esters is 2. The summed E-state index contributed by atoms with van der Waals surface area (Å²) in [6.07, 6.45) is 14.3. The molecule has 0 fully saturated rings. The summed E-state index contributed by atoms with van der Waals surface area (Å²) in [6.45, 7) is 6.61. The van der Waals surface area contributed by atoms with E-state index in [2.05, 4.69) is 55.5 Å². The van der Waals surface area contributed by atoms with Crippen LogP contribution in [0.4, 0.5) is 0 Å². The highest BCUT2D eigenvalue weighted by Gasteiger charge is 2.57. The molecule has 50 heavy (non-hydrogen) atoms. The molecule has 7 nitrogen and oxygen atoms in total. The Morgan fingerprint density at radius 1 is 0.740 bits per heavy atom. The van der Waals surface area contributed by atoms with E-state index in [0.717, 1.165) is 75.0 Å². The van der Waals surface area contributed by atoms with Gasteiger partial charge in [0.25, 0.3) is 0 Å². The summed E-state index contributed by atoms with van der Waals surface area (Å²) in [7, 11) is 0. The van der Waals surface area contributed by atoms with Crippen LogP contribution in [0.15, 0.2) is 90.0 Å². The van der Waals surface area contributed by atoms with Crippen molar-refractivity contribution in [2.45, 2.75) is 83.0 Å². The normalized spacial score (nSPS) is 23.2. The number of para-hydroxylation sites is 3. The van der Waals surface area contributed by atoms with E-state index in [-0.39, 0.29) is 24.8 Å². The fourth-order valence-electron chi connectivity index (χ4n) is 9.01. The first kappa shape index (κ1) is 32.3. The van der Waals surface area contributed by atoms with E-state index in [1.807, 2.05) is 44.2 Å². The molecule has 254 valence electrons. The average molecular weight is 666 g/mol. The molecule has 3 atom stereocenters. The molecular weight excluding hydrogens is 622 g/mol. The minimum absolute atomic E-state index is 0.208. The molecule has 0 saturated heterocycles. The second kappa shape index (κ2) is 12.8. The summed E-state index contributed by atoms with van der Waals surface area (Å²) in [5.41, 5.74) is 9.94. The molecule has 0 spiro atoms. The Morgan fingerprint density at radius 3 is 2.10 bits per heavy atom. The SMILES string of the molecule is CCOC(=O)CCC1(CC2(CCC(=O)OCC)C3=CC(C)CC=C3c3nc4ccccc4nc32)C2=CCCC=C2c2nc3ccccc3cc21. The summed E-state index contributed by atoms with van der Waals surface area (Å²) in [5.74, 6) is -0.123. The Balaban J connectivity index is 1.41. The number of hydrogen-bond acceptors (Lipinski definition) is 7. The van der Waals surface area contributed by atoms with E-state index >= 15 is 0 Å². The van der Waals surface area contributed by atoms with Gasteiger partial charge in [0, 0.05) is 40.2 Å². The lowest BCUT2D eigenvalue weighted by Gasteiger charge is -2.43. The molecule has 8 rings (SSSR count). The number of benzene rings is 2. The zero-order valence-corrected chi connectivity index (χ0v) is 29.1. The Kier molecular flexibility index (Phi) is 8.25. The van der Waals surface area contributed by atoms with Crippen LogP contribution in [0, 0.1) is 5.92 Å². The fourth-order valence-corrected chi connectivity index (χ4v) is 9.01. The van der Waals surface area contributed by atoms with Gasteiger partial charge in [0.1, 0.15) is 0 Å². The molecule has 4 aliphatic carbocycles. The van der Waals surface area contributed by atoms with Gasteiger partial charge in [-0.25, -0.2) is 15.0 Å². The molecule has 2 aromatic carbocycles. The van der Waals surface area contributed by atoms with Gasteiger partial charge < -0.3 is 9.47 Å². The Morgan fingerprint density at radius 2 is 1.36 bits per heavy atom. The van der Waals surface area contributed by atoms with Gasteiger partial charge in [-0.2, -0.15) is 0 Å². The van der Waals surface area contributed by atoms with Crippen molar-refractivity contribution in [3.8, 4) is 0 Å². The predicted octanol–water partition coefficient (Wildman–Crippen LogP) is 8.91. The van der Waals surface area contributed by atoms with Crippen LogP contribution < -0.4 is 0 Å². The quantitative estimate of drug-likeness (QED) is 0.156. The standard InChI is InChI=1S/C43H43N3O4/c1-4-49-37(47)20-22-42(31-14-8-7-13-29(31)39-33(42)25-28-12-6-9-15-34(28)44-39)26-43(23-21-38(48)50-5-2)32-24-27(3)18-19-30(32)40-41(43)46-36-17-11-10-16-35(36)45-40/h6,9-17,19,24-25,27H,4-5,7-8,18,20-23,26H2,1-3H3. The first-order valence-electron chi connectivity index (χ1n) is 18.2. The van der Waals surface area contributed by atoms with Crippen LogP contribution >= 0.6 is 0 Å². The summed E-state index contributed by atoms with van der Waals surface area (Å²) < 4.78 is 11.1. The van der Waals surface area contributed by atoms with Crippen LogP contribution in [0.25, 0.3) is 33.1 Å². The molecule has 7 heteroatoms. The van der Waals surface area contributed by atoms with Crippen LogP contribution in [-0.4, -0.2) is 40.1 Å². The van der Waals surface area contributed by atoms with Gasteiger partial charge >= 0.3 is 11.9 Å². The van der Waals surface area contributed by atoms with E-state index in [4.69, 9.17) is 24.4 Å². The van der Waals surface area contributed by atoms with Crippen LogP contribution in [0.3, 0.4) is 0 Å².